The van der Waals surface area contributed by atoms with Crippen molar-refractivity contribution in [2.45, 2.75) is 25.3 Å². The first kappa shape index (κ1) is 17.8. The second kappa shape index (κ2) is 7.33. The maximum atomic E-state index is 12.5. The minimum Gasteiger partial charge on any atom is -0.494 e. The molecule has 0 fully saturated rings. The average molecular weight is 400 g/mol. The summed E-state index contributed by atoms with van der Waals surface area (Å²) in [6, 6.07) is 9.62. The van der Waals surface area contributed by atoms with Crippen LogP contribution in [0.25, 0.3) is 0 Å². The number of aliphatic hydroxyl groups excluding tert-OH is 1. The van der Waals surface area contributed by atoms with Crippen molar-refractivity contribution < 1.29 is 18.3 Å². The highest BCUT2D eigenvalue weighted by Crippen LogP contribution is 2.26. The van der Waals surface area contributed by atoms with Crippen LogP contribution in [0.4, 0.5) is 5.69 Å². The Morgan fingerprint density at radius 3 is 2.57 bits per heavy atom. The molecule has 0 heterocycles. The summed E-state index contributed by atoms with van der Waals surface area (Å²) in [4.78, 5) is 0.178. The van der Waals surface area contributed by atoms with Crippen molar-refractivity contribution in [1.29, 1.82) is 0 Å². The molecule has 0 unspecified atom stereocenters. The maximum absolute atomic E-state index is 12.5. The Kier molecular flexibility index (Phi) is 5.67. The highest BCUT2D eigenvalue weighted by molar-refractivity contribution is 9.10. The van der Waals surface area contributed by atoms with E-state index in [2.05, 4.69) is 20.7 Å². The van der Waals surface area contributed by atoms with Gasteiger partial charge in [0, 0.05) is 15.7 Å². The van der Waals surface area contributed by atoms with Gasteiger partial charge in [-0.2, -0.15) is 0 Å². The monoisotopic (exact) mass is 399 g/mol. The first-order valence-corrected chi connectivity index (χ1v) is 9.30. The number of aryl methyl sites for hydroxylation is 1. The Morgan fingerprint density at radius 2 is 1.96 bits per heavy atom. The van der Waals surface area contributed by atoms with Gasteiger partial charge in [0.05, 0.1) is 18.1 Å². The maximum Gasteiger partial charge on any atom is 0.261 e. The normalized spacial score (nSPS) is 11.3. The summed E-state index contributed by atoms with van der Waals surface area (Å²) in [6.07, 6.45) is 0. The lowest BCUT2D eigenvalue weighted by atomic mass is 10.2. The van der Waals surface area contributed by atoms with Gasteiger partial charge in [-0.05, 0) is 55.8 Å². The number of benzene rings is 2. The molecule has 2 aromatic rings. The molecule has 0 aliphatic heterocycles. The molecule has 7 heteroatoms. The molecule has 23 heavy (non-hydrogen) atoms. The molecule has 0 amide bonds. The molecule has 2 N–H and O–H groups in total. The fraction of sp³-hybridized carbons (Fsp3) is 0.250. The zero-order chi connectivity index (χ0) is 17.0. The molecular weight excluding hydrogens is 382 g/mol. The lowest BCUT2D eigenvalue weighted by molar-refractivity contribution is 0.267. The van der Waals surface area contributed by atoms with Gasteiger partial charge in [0.25, 0.3) is 10.0 Å². The first-order valence-electron chi connectivity index (χ1n) is 7.03. The lowest BCUT2D eigenvalue weighted by Gasteiger charge is -2.13. The van der Waals surface area contributed by atoms with Crippen LogP contribution in [0.2, 0.25) is 0 Å². The van der Waals surface area contributed by atoms with E-state index in [0.29, 0.717) is 23.6 Å². The molecule has 0 radical (unpaired) electrons. The van der Waals surface area contributed by atoms with Crippen LogP contribution in [0.15, 0.2) is 45.8 Å². The predicted molar refractivity (Wildman–Crippen MR) is 93.2 cm³/mol. The van der Waals surface area contributed by atoms with E-state index in [0.717, 1.165) is 10.0 Å². The molecule has 2 rings (SSSR count). The molecular formula is C16H18BrNO4S. The van der Waals surface area contributed by atoms with Crippen molar-refractivity contribution in [2.24, 2.45) is 0 Å². The van der Waals surface area contributed by atoms with Crippen molar-refractivity contribution in [3.63, 3.8) is 0 Å². The largest absolute Gasteiger partial charge is 0.494 e. The van der Waals surface area contributed by atoms with Crippen molar-refractivity contribution in [2.75, 3.05) is 11.3 Å². The third-order valence-electron chi connectivity index (χ3n) is 3.22. The molecule has 0 aromatic heterocycles. The van der Waals surface area contributed by atoms with Crippen LogP contribution in [-0.4, -0.2) is 20.1 Å². The van der Waals surface area contributed by atoms with Gasteiger partial charge in [-0.1, -0.05) is 15.9 Å². The summed E-state index contributed by atoms with van der Waals surface area (Å²) in [5, 5.41) is 9.39. The van der Waals surface area contributed by atoms with Gasteiger partial charge < -0.3 is 9.84 Å². The summed E-state index contributed by atoms with van der Waals surface area (Å²) < 4.78 is 33.7. The SMILES string of the molecule is CCOc1ccc(NS(=O)(=O)c2ccc(Br)c(C)c2)cc1CO. The van der Waals surface area contributed by atoms with Crippen molar-refractivity contribution in [3.8, 4) is 5.75 Å². The Bertz CT molecular complexity index is 806. The highest BCUT2D eigenvalue weighted by atomic mass is 79.9. The van der Waals surface area contributed by atoms with Crippen molar-refractivity contribution in [1.82, 2.24) is 0 Å². The molecule has 5 nitrogen and oxygen atoms in total. The summed E-state index contributed by atoms with van der Waals surface area (Å²) in [5.74, 6) is 0.539. The van der Waals surface area contributed by atoms with Gasteiger partial charge in [0.1, 0.15) is 5.75 Å². The molecule has 0 aliphatic rings. The summed E-state index contributed by atoms with van der Waals surface area (Å²) in [6.45, 7) is 3.90. The number of nitrogens with one attached hydrogen (secondary N) is 1. The van der Waals surface area contributed by atoms with Crippen molar-refractivity contribution in [3.05, 3.63) is 52.0 Å². The highest BCUT2D eigenvalue weighted by Gasteiger charge is 2.16. The van der Waals surface area contributed by atoms with E-state index in [1.165, 1.54) is 6.07 Å². The van der Waals surface area contributed by atoms with Gasteiger partial charge in [-0.15, -0.1) is 0 Å². The summed E-state index contributed by atoms with van der Waals surface area (Å²) >= 11 is 3.35. The molecule has 2 aromatic carbocycles. The number of hydrogen-bond acceptors (Lipinski definition) is 4. The molecule has 0 saturated heterocycles. The van der Waals surface area contributed by atoms with E-state index in [4.69, 9.17) is 4.74 Å². The summed E-state index contributed by atoms with van der Waals surface area (Å²) in [7, 11) is -3.70. The predicted octanol–water partition coefficient (Wildman–Crippen LogP) is 3.45. The number of aliphatic hydroxyl groups is 1. The zero-order valence-corrected chi connectivity index (χ0v) is 15.2. The molecule has 0 atom stereocenters. The number of ether oxygens (including phenoxy) is 1. The van der Waals surface area contributed by atoms with E-state index >= 15 is 0 Å². The van der Waals surface area contributed by atoms with E-state index < -0.39 is 10.0 Å². The minimum absolute atomic E-state index is 0.178. The van der Waals surface area contributed by atoms with Gasteiger partial charge in [0.15, 0.2) is 0 Å². The van der Waals surface area contributed by atoms with E-state index in [9.17, 15) is 13.5 Å². The minimum atomic E-state index is -3.70. The lowest BCUT2D eigenvalue weighted by Crippen LogP contribution is -2.13. The average Bonchev–Trinajstić information content (AvgIpc) is 2.51. The zero-order valence-electron chi connectivity index (χ0n) is 12.8. The summed E-state index contributed by atoms with van der Waals surface area (Å²) in [5.41, 5.74) is 1.73. The van der Waals surface area contributed by atoms with Crippen LogP contribution in [0.5, 0.6) is 5.75 Å². The van der Waals surface area contributed by atoms with E-state index in [1.54, 1.807) is 30.3 Å². The van der Waals surface area contributed by atoms with E-state index in [-0.39, 0.29) is 11.5 Å². The van der Waals surface area contributed by atoms with Crippen LogP contribution in [-0.2, 0) is 16.6 Å². The van der Waals surface area contributed by atoms with Gasteiger partial charge in [0.2, 0.25) is 0 Å². The van der Waals surface area contributed by atoms with Crippen LogP contribution < -0.4 is 9.46 Å². The van der Waals surface area contributed by atoms with Gasteiger partial charge in [-0.25, -0.2) is 8.42 Å². The third-order valence-corrected chi connectivity index (χ3v) is 5.49. The number of anilines is 1. The second-order valence-corrected chi connectivity index (χ2v) is 7.47. The molecule has 0 bridgehead atoms. The van der Waals surface area contributed by atoms with Gasteiger partial charge in [-0.3, -0.25) is 4.72 Å². The topological polar surface area (TPSA) is 75.6 Å². The van der Waals surface area contributed by atoms with E-state index in [1.807, 2.05) is 13.8 Å². The first-order chi connectivity index (χ1) is 10.9. The number of halogens is 1. The van der Waals surface area contributed by atoms with Gasteiger partial charge >= 0.3 is 0 Å². The fourth-order valence-electron chi connectivity index (χ4n) is 2.06. The standard InChI is InChI=1S/C16H18BrNO4S/c1-3-22-16-7-4-13(9-12(16)10-19)18-23(20,21)14-5-6-15(17)11(2)8-14/h4-9,18-19H,3,10H2,1-2H3. The molecule has 124 valence electrons. The smallest absolute Gasteiger partial charge is 0.261 e. The van der Waals surface area contributed by atoms with Crippen LogP contribution >= 0.6 is 15.9 Å². The Hall–Kier alpha value is -1.57. The Morgan fingerprint density at radius 1 is 1.22 bits per heavy atom. The number of rotatable bonds is 6. The van der Waals surface area contributed by atoms with Crippen LogP contribution in [0.1, 0.15) is 18.1 Å². The fourth-order valence-corrected chi connectivity index (χ4v) is 3.44. The van der Waals surface area contributed by atoms with Crippen molar-refractivity contribution >= 4 is 31.6 Å². The van der Waals surface area contributed by atoms with Crippen LogP contribution in [0.3, 0.4) is 0 Å². The Labute approximate surface area is 144 Å². The molecule has 0 saturated carbocycles. The molecule has 0 spiro atoms. The second-order valence-electron chi connectivity index (χ2n) is 4.93. The van der Waals surface area contributed by atoms with Crippen LogP contribution in [0, 0.1) is 6.92 Å². The molecule has 0 aliphatic carbocycles. The quantitative estimate of drug-likeness (QED) is 0.779. The Balaban J connectivity index is 2.31. The number of hydrogen-bond donors (Lipinski definition) is 2. The third kappa shape index (κ3) is 4.25. The number of sulfonamides is 1.